The maximum Gasteiger partial charge on any atom is 0.262 e. The Labute approximate surface area is 124 Å². The molecular weight excluding hydrogens is 266 g/mol. The van der Waals surface area contributed by atoms with E-state index in [0.29, 0.717) is 23.7 Å². The predicted octanol–water partition coefficient (Wildman–Crippen LogP) is 1.17. The zero-order valence-corrected chi connectivity index (χ0v) is 12.3. The zero-order chi connectivity index (χ0) is 14.8. The van der Waals surface area contributed by atoms with Crippen molar-refractivity contribution in [2.45, 2.75) is 12.8 Å². The number of benzene rings is 1. The summed E-state index contributed by atoms with van der Waals surface area (Å²) in [5.74, 6) is 0.275. The molecule has 1 aromatic carbocycles. The molecule has 2 heterocycles. The Morgan fingerprint density at radius 1 is 1.19 bits per heavy atom. The summed E-state index contributed by atoms with van der Waals surface area (Å²) in [5, 5.41) is 3.21. The van der Waals surface area contributed by atoms with E-state index in [4.69, 9.17) is 0 Å². The van der Waals surface area contributed by atoms with Crippen molar-refractivity contribution in [1.82, 2.24) is 15.1 Å². The molecule has 0 spiro atoms. The predicted molar refractivity (Wildman–Crippen MR) is 80.0 cm³/mol. The first-order chi connectivity index (χ1) is 10.2. The average Bonchev–Trinajstić information content (AvgIpc) is 2.74. The standard InChI is InChI=1S/C16H21N3O2/c1-17-9-12-5-4-8-18(10-12)11-19-15(20)13-6-2-3-7-14(13)16(19)21/h2-3,6-7,12,17H,4-5,8-11H2,1H3. The van der Waals surface area contributed by atoms with Gasteiger partial charge in [0.2, 0.25) is 0 Å². The fraction of sp³-hybridized carbons (Fsp3) is 0.500. The normalized spacial score (nSPS) is 22.7. The van der Waals surface area contributed by atoms with E-state index < -0.39 is 0 Å². The van der Waals surface area contributed by atoms with Gasteiger partial charge in [0.15, 0.2) is 0 Å². The number of imide groups is 1. The van der Waals surface area contributed by atoms with E-state index in [2.05, 4.69) is 10.2 Å². The van der Waals surface area contributed by atoms with Crippen LogP contribution in [-0.4, -0.2) is 55.0 Å². The van der Waals surface area contributed by atoms with Crippen molar-refractivity contribution >= 4 is 11.8 Å². The monoisotopic (exact) mass is 287 g/mol. The molecule has 5 nitrogen and oxygen atoms in total. The maximum atomic E-state index is 12.4. The number of nitrogens with zero attached hydrogens (tertiary/aromatic N) is 2. The molecule has 0 bridgehead atoms. The Balaban J connectivity index is 1.69. The van der Waals surface area contributed by atoms with Crippen LogP contribution in [-0.2, 0) is 0 Å². The van der Waals surface area contributed by atoms with E-state index in [1.165, 1.54) is 11.3 Å². The van der Waals surface area contributed by atoms with Crippen molar-refractivity contribution in [3.8, 4) is 0 Å². The largest absolute Gasteiger partial charge is 0.319 e. The fourth-order valence-corrected chi connectivity index (χ4v) is 3.30. The van der Waals surface area contributed by atoms with Crippen LogP contribution >= 0.6 is 0 Å². The number of carbonyl (C=O) groups is 2. The van der Waals surface area contributed by atoms with Crippen LogP contribution in [0, 0.1) is 5.92 Å². The van der Waals surface area contributed by atoms with Gasteiger partial charge in [-0.05, 0) is 51.0 Å². The molecule has 112 valence electrons. The van der Waals surface area contributed by atoms with E-state index in [0.717, 1.165) is 26.1 Å². The molecule has 0 aromatic heterocycles. The Bertz CT molecular complexity index is 521. The minimum absolute atomic E-state index is 0.161. The molecule has 2 amide bonds. The fourth-order valence-electron chi connectivity index (χ4n) is 3.30. The molecule has 5 heteroatoms. The number of likely N-dealkylation sites (tertiary alicyclic amines) is 1. The molecule has 1 fully saturated rings. The van der Waals surface area contributed by atoms with Gasteiger partial charge in [-0.25, -0.2) is 0 Å². The summed E-state index contributed by atoms with van der Waals surface area (Å²) in [6.45, 7) is 3.28. The van der Waals surface area contributed by atoms with Gasteiger partial charge in [-0.2, -0.15) is 0 Å². The Hall–Kier alpha value is -1.72. The molecule has 1 saturated heterocycles. The van der Waals surface area contributed by atoms with Crippen LogP contribution in [0.15, 0.2) is 24.3 Å². The molecule has 0 saturated carbocycles. The lowest BCUT2D eigenvalue weighted by molar-refractivity contribution is 0.0481. The smallest absolute Gasteiger partial charge is 0.262 e. The lowest BCUT2D eigenvalue weighted by Gasteiger charge is -2.34. The molecule has 0 aliphatic carbocycles. The molecule has 2 aliphatic rings. The summed E-state index contributed by atoms with van der Waals surface area (Å²) >= 11 is 0. The highest BCUT2D eigenvalue weighted by Gasteiger charge is 2.36. The number of nitrogens with one attached hydrogen (secondary N) is 1. The second kappa shape index (κ2) is 5.95. The van der Waals surface area contributed by atoms with Gasteiger partial charge in [-0.3, -0.25) is 19.4 Å². The Kier molecular flexibility index (Phi) is 4.03. The minimum atomic E-state index is -0.161. The first-order valence-corrected chi connectivity index (χ1v) is 7.53. The lowest BCUT2D eigenvalue weighted by atomic mass is 9.98. The molecule has 0 radical (unpaired) electrons. The van der Waals surface area contributed by atoms with Gasteiger partial charge >= 0.3 is 0 Å². The van der Waals surface area contributed by atoms with Crippen molar-refractivity contribution < 1.29 is 9.59 Å². The van der Waals surface area contributed by atoms with E-state index in [-0.39, 0.29) is 11.8 Å². The first kappa shape index (κ1) is 14.2. The number of hydrogen-bond acceptors (Lipinski definition) is 4. The number of carbonyl (C=O) groups excluding carboxylic acids is 2. The van der Waals surface area contributed by atoms with Gasteiger partial charge in [0, 0.05) is 6.54 Å². The highest BCUT2D eigenvalue weighted by atomic mass is 16.2. The molecule has 21 heavy (non-hydrogen) atoms. The quantitative estimate of drug-likeness (QED) is 0.845. The molecule has 1 N–H and O–H groups in total. The van der Waals surface area contributed by atoms with Gasteiger partial charge < -0.3 is 5.32 Å². The third kappa shape index (κ3) is 2.71. The maximum absolute atomic E-state index is 12.4. The van der Waals surface area contributed by atoms with Crippen molar-refractivity contribution in [2.24, 2.45) is 5.92 Å². The van der Waals surface area contributed by atoms with Crippen LogP contribution in [0.5, 0.6) is 0 Å². The third-order valence-electron chi connectivity index (χ3n) is 4.32. The van der Waals surface area contributed by atoms with Crippen LogP contribution in [0.1, 0.15) is 33.6 Å². The average molecular weight is 287 g/mol. The van der Waals surface area contributed by atoms with E-state index in [1.54, 1.807) is 24.3 Å². The summed E-state index contributed by atoms with van der Waals surface area (Å²) < 4.78 is 0. The molecule has 1 unspecified atom stereocenters. The highest BCUT2D eigenvalue weighted by Crippen LogP contribution is 2.24. The minimum Gasteiger partial charge on any atom is -0.319 e. The summed E-state index contributed by atoms with van der Waals surface area (Å²) in [6.07, 6.45) is 2.33. The molecule has 1 atom stereocenters. The van der Waals surface area contributed by atoms with E-state index in [1.807, 2.05) is 7.05 Å². The van der Waals surface area contributed by atoms with Crippen LogP contribution in [0.25, 0.3) is 0 Å². The van der Waals surface area contributed by atoms with Crippen molar-refractivity contribution in [3.05, 3.63) is 35.4 Å². The van der Waals surface area contributed by atoms with Gasteiger partial charge in [-0.1, -0.05) is 12.1 Å². The van der Waals surface area contributed by atoms with Crippen LogP contribution < -0.4 is 5.32 Å². The first-order valence-electron chi connectivity index (χ1n) is 7.53. The molecule has 1 aromatic rings. The number of hydrogen-bond donors (Lipinski definition) is 1. The van der Waals surface area contributed by atoms with Gasteiger partial charge in [0.25, 0.3) is 11.8 Å². The number of piperidine rings is 1. The van der Waals surface area contributed by atoms with Crippen LogP contribution in [0.3, 0.4) is 0 Å². The third-order valence-corrected chi connectivity index (χ3v) is 4.32. The van der Waals surface area contributed by atoms with Gasteiger partial charge in [0.1, 0.15) is 0 Å². The van der Waals surface area contributed by atoms with E-state index in [9.17, 15) is 9.59 Å². The van der Waals surface area contributed by atoms with Gasteiger partial charge in [0.05, 0.1) is 17.8 Å². The summed E-state index contributed by atoms with van der Waals surface area (Å²) in [4.78, 5) is 28.3. The Morgan fingerprint density at radius 2 is 1.86 bits per heavy atom. The number of fused-ring (bicyclic) bond motifs is 1. The van der Waals surface area contributed by atoms with Gasteiger partial charge in [-0.15, -0.1) is 0 Å². The van der Waals surface area contributed by atoms with Crippen molar-refractivity contribution in [2.75, 3.05) is 33.4 Å². The van der Waals surface area contributed by atoms with Crippen molar-refractivity contribution in [1.29, 1.82) is 0 Å². The molecule has 2 aliphatic heterocycles. The topological polar surface area (TPSA) is 52.6 Å². The number of rotatable bonds is 4. The lowest BCUT2D eigenvalue weighted by Crippen LogP contribution is -2.46. The summed E-state index contributed by atoms with van der Waals surface area (Å²) in [5.41, 5.74) is 1.07. The number of amides is 2. The SMILES string of the molecule is CNCC1CCCN(CN2C(=O)c3ccccc3C2=O)C1. The summed E-state index contributed by atoms with van der Waals surface area (Å²) in [7, 11) is 1.96. The summed E-state index contributed by atoms with van der Waals surface area (Å²) in [6, 6.07) is 7.07. The van der Waals surface area contributed by atoms with E-state index >= 15 is 0 Å². The van der Waals surface area contributed by atoms with Crippen molar-refractivity contribution in [3.63, 3.8) is 0 Å². The Morgan fingerprint density at radius 3 is 2.48 bits per heavy atom. The van der Waals surface area contributed by atoms with Crippen LogP contribution in [0.4, 0.5) is 0 Å². The molecule has 3 rings (SSSR count). The second-order valence-corrected chi connectivity index (χ2v) is 5.87. The second-order valence-electron chi connectivity index (χ2n) is 5.87. The van der Waals surface area contributed by atoms with Crippen LogP contribution in [0.2, 0.25) is 0 Å². The zero-order valence-electron chi connectivity index (χ0n) is 12.3. The molecular formula is C16H21N3O2. The highest BCUT2D eigenvalue weighted by molar-refractivity contribution is 6.21.